The van der Waals surface area contributed by atoms with E-state index in [1.165, 1.54) is 22.5 Å². The van der Waals surface area contributed by atoms with Gasteiger partial charge in [0.15, 0.2) is 11.0 Å². The monoisotopic (exact) mass is 435 g/mol. The van der Waals surface area contributed by atoms with Gasteiger partial charge in [0.25, 0.3) is 0 Å². The van der Waals surface area contributed by atoms with Crippen LogP contribution in [0.5, 0.6) is 5.88 Å². The first-order valence-electron chi connectivity index (χ1n) is 8.90. The molecule has 0 aliphatic carbocycles. The molecule has 0 bridgehead atoms. The zero-order valence-electron chi connectivity index (χ0n) is 15.6. The smallest absolute Gasteiger partial charge is 0.236 e. The van der Waals surface area contributed by atoms with Gasteiger partial charge in [-0.15, -0.1) is 0 Å². The second kappa shape index (κ2) is 10.2. The van der Waals surface area contributed by atoms with E-state index in [0.29, 0.717) is 34.0 Å². The molecule has 152 valence electrons. The van der Waals surface area contributed by atoms with E-state index in [9.17, 15) is 9.18 Å². The minimum atomic E-state index is -0.403. The predicted octanol–water partition coefficient (Wildman–Crippen LogP) is 4.03. The van der Waals surface area contributed by atoms with E-state index in [1.807, 2.05) is 6.92 Å². The van der Waals surface area contributed by atoms with Crippen LogP contribution in [0.15, 0.2) is 47.9 Å². The minimum Gasteiger partial charge on any atom is -0.478 e. The van der Waals surface area contributed by atoms with Gasteiger partial charge in [0, 0.05) is 35.1 Å². The molecule has 0 unspecified atom stereocenters. The topological polar surface area (TPSA) is 81.9 Å². The molecule has 7 nitrogen and oxygen atoms in total. The van der Waals surface area contributed by atoms with Gasteiger partial charge >= 0.3 is 0 Å². The van der Waals surface area contributed by atoms with E-state index in [-0.39, 0.29) is 18.2 Å². The lowest BCUT2D eigenvalue weighted by Gasteiger charge is -2.06. The zero-order chi connectivity index (χ0) is 20.6. The third kappa shape index (κ3) is 6.16. The van der Waals surface area contributed by atoms with Gasteiger partial charge in [0.2, 0.25) is 11.8 Å². The van der Waals surface area contributed by atoms with Crippen molar-refractivity contribution in [1.29, 1.82) is 0 Å². The number of halogens is 2. The molecule has 0 saturated carbocycles. The second-order valence-electron chi connectivity index (χ2n) is 5.96. The number of amides is 1. The number of thioether (sulfide) groups is 1. The average Bonchev–Trinajstić information content (AvgIpc) is 3.15. The number of nitrogens with zero attached hydrogens (tertiary/aromatic N) is 4. The van der Waals surface area contributed by atoms with Crippen LogP contribution in [-0.2, 0) is 11.3 Å². The van der Waals surface area contributed by atoms with Crippen molar-refractivity contribution in [3.8, 4) is 5.88 Å². The van der Waals surface area contributed by atoms with Crippen LogP contribution in [0.1, 0.15) is 18.9 Å². The summed E-state index contributed by atoms with van der Waals surface area (Å²) in [6.45, 7) is 2.74. The Kier molecular flexibility index (Phi) is 7.42. The molecule has 0 aliphatic heterocycles. The van der Waals surface area contributed by atoms with Gasteiger partial charge < -0.3 is 10.1 Å². The van der Waals surface area contributed by atoms with E-state index < -0.39 is 5.82 Å². The summed E-state index contributed by atoms with van der Waals surface area (Å²) >= 11 is 7.23. The summed E-state index contributed by atoms with van der Waals surface area (Å²) in [5.74, 6) is 0.301. The predicted molar refractivity (Wildman–Crippen MR) is 110 cm³/mol. The number of carbonyl (C=O) groups is 1. The first-order chi connectivity index (χ1) is 14.0. The Morgan fingerprint density at radius 3 is 3.00 bits per heavy atom. The molecule has 0 radical (unpaired) electrons. The van der Waals surface area contributed by atoms with E-state index in [1.54, 1.807) is 36.7 Å². The fourth-order valence-electron chi connectivity index (χ4n) is 2.35. The first-order valence-corrected chi connectivity index (χ1v) is 10.3. The van der Waals surface area contributed by atoms with Crippen molar-refractivity contribution in [3.05, 3.63) is 59.1 Å². The van der Waals surface area contributed by atoms with Gasteiger partial charge in [-0.05, 0) is 18.6 Å². The zero-order valence-corrected chi connectivity index (χ0v) is 17.2. The lowest BCUT2D eigenvalue weighted by atomic mass is 10.2. The van der Waals surface area contributed by atoms with Crippen LogP contribution in [0.4, 0.5) is 10.2 Å². The lowest BCUT2D eigenvalue weighted by molar-refractivity contribution is -0.113. The van der Waals surface area contributed by atoms with Gasteiger partial charge in [-0.2, -0.15) is 10.1 Å². The van der Waals surface area contributed by atoms with Crippen molar-refractivity contribution in [2.24, 2.45) is 0 Å². The van der Waals surface area contributed by atoms with E-state index >= 15 is 0 Å². The molecule has 1 amide bonds. The van der Waals surface area contributed by atoms with E-state index in [0.717, 1.165) is 6.42 Å². The molecule has 3 aromatic rings. The van der Waals surface area contributed by atoms with Crippen molar-refractivity contribution in [3.63, 3.8) is 0 Å². The van der Waals surface area contributed by atoms with Gasteiger partial charge in [-0.1, -0.05) is 36.4 Å². The number of ether oxygens (including phenoxy) is 1. The van der Waals surface area contributed by atoms with Crippen molar-refractivity contribution in [2.75, 3.05) is 17.7 Å². The summed E-state index contributed by atoms with van der Waals surface area (Å²) in [6.07, 6.45) is 4.11. The summed E-state index contributed by atoms with van der Waals surface area (Å²) in [5.41, 5.74) is 0.341. The van der Waals surface area contributed by atoms with Crippen molar-refractivity contribution in [2.45, 2.75) is 25.0 Å². The molecule has 10 heteroatoms. The highest BCUT2D eigenvalue weighted by molar-refractivity contribution is 7.99. The van der Waals surface area contributed by atoms with Crippen molar-refractivity contribution < 1.29 is 13.9 Å². The Labute approximate surface area is 176 Å². The van der Waals surface area contributed by atoms with Crippen LogP contribution in [0.25, 0.3) is 0 Å². The van der Waals surface area contributed by atoms with Gasteiger partial charge in [0.05, 0.1) is 18.9 Å². The number of benzene rings is 1. The lowest BCUT2D eigenvalue weighted by Crippen LogP contribution is -2.15. The summed E-state index contributed by atoms with van der Waals surface area (Å²) in [6, 6.07) is 7.81. The third-order valence-corrected chi connectivity index (χ3v) is 4.90. The second-order valence-corrected chi connectivity index (χ2v) is 7.31. The maximum absolute atomic E-state index is 13.9. The molecular formula is C19H19ClFN5O2S. The number of hydrogen-bond acceptors (Lipinski definition) is 6. The molecule has 1 N–H and O–H groups in total. The Bertz CT molecular complexity index is 964. The Morgan fingerprint density at radius 2 is 2.21 bits per heavy atom. The molecule has 0 saturated heterocycles. The number of aromatic nitrogens is 4. The molecular weight excluding hydrogens is 417 g/mol. The Morgan fingerprint density at radius 1 is 1.34 bits per heavy atom. The van der Waals surface area contributed by atoms with E-state index in [4.69, 9.17) is 16.3 Å². The molecule has 0 fully saturated rings. The molecule has 2 aromatic heterocycles. The number of nitrogens with one attached hydrogen (secondary N) is 1. The number of hydrogen-bond donors (Lipinski definition) is 1. The van der Waals surface area contributed by atoms with Crippen LogP contribution in [-0.4, -0.2) is 38.0 Å². The van der Waals surface area contributed by atoms with Crippen LogP contribution in [0, 0.1) is 5.82 Å². The highest BCUT2D eigenvalue weighted by Gasteiger charge is 2.11. The molecule has 0 spiro atoms. The third-order valence-electron chi connectivity index (χ3n) is 3.68. The fraction of sp³-hybridized carbons (Fsp3) is 0.263. The SMILES string of the molecule is CCCOc1ccnc(SCC(=O)Nc2ccn(Cc3c(F)cccc3Cl)n2)n1. The van der Waals surface area contributed by atoms with Crippen LogP contribution >= 0.6 is 23.4 Å². The largest absolute Gasteiger partial charge is 0.478 e. The standard InChI is InChI=1S/C19H19ClFN5O2S/c1-2-10-28-18-6-8-22-19(24-18)29-12-17(27)23-16-7-9-26(25-16)11-13-14(20)4-3-5-15(13)21/h3-9H,2,10-12H2,1H3,(H,23,25,27). The van der Waals surface area contributed by atoms with Crippen LogP contribution in [0.2, 0.25) is 5.02 Å². The Hall–Kier alpha value is -2.65. The number of carbonyl (C=O) groups excluding carboxylic acids is 1. The van der Waals surface area contributed by atoms with Gasteiger partial charge in [0.1, 0.15) is 5.82 Å². The maximum Gasteiger partial charge on any atom is 0.236 e. The molecule has 0 aliphatic rings. The van der Waals surface area contributed by atoms with Gasteiger partial charge in [-0.25, -0.2) is 9.37 Å². The summed E-state index contributed by atoms with van der Waals surface area (Å²) in [5, 5.41) is 7.70. The average molecular weight is 436 g/mol. The maximum atomic E-state index is 13.9. The minimum absolute atomic E-state index is 0.114. The summed E-state index contributed by atoms with van der Waals surface area (Å²) < 4.78 is 20.9. The van der Waals surface area contributed by atoms with Crippen LogP contribution < -0.4 is 10.1 Å². The molecule has 1 aromatic carbocycles. The van der Waals surface area contributed by atoms with Crippen LogP contribution in [0.3, 0.4) is 0 Å². The molecule has 2 heterocycles. The molecule has 29 heavy (non-hydrogen) atoms. The number of anilines is 1. The summed E-state index contributed by atoms with van der Waals surface area (Å²) in [4.78, 5) is 20.5. The highest BCUT2D eigenvalue weighted by Crippen LogP contribution is 2.20. The quantitative estimate of drug-likeness (QED) is 0.403. The van der Waals surface area contributed by atoms with Crippen molar-refractivity contribution in [1.82, 2.24) is 19.7 Å². The first kappa shape index (κ1) is 21.1. The molecule has 3 rings (SSSR count). The number of rotatable bonds is 9. The normalized spacial score (nSPS) is 10.7. The van der Waals surface area contributed by atoms with E-state index in [2.05, 4.69) is 20.4 Å². The highest BCUT2D eigenvalue weighted by atomic mass is 35.5. The molecule has 0 atom stereocenters. The van der Waals surface area contributed by atoms with Crippen molar-refractivity contribution >= 4 is 35.1 Å². The Balaban J connectivity index is 1.53. The van der Waals surface area contributed by atoms with Gasteiger partial charge in [-0.3, -0.25) is 9.48 Å². The fourth-order valence-corrected chi connectivity index (χ4v) is 3.20. The summed E-state index contributed by atoms with van der Waals surface area (Å²) in [7, 11) is 0.